The molecule has 12 heavy (non-hydrogen) atoms. The van der Waals surface area contributed by atoms with Crippen molar-refractivity contribution in [1.82, 2.24) is 4.98 Å². The van der Waals surface area contributed by atoms with E-state index in [9.17, 15) is 9.90 Å². The van der Waals surface area contributed by atoms with Crippen molar-refractivity contribution in [2.45, 2.75) is 0 Å². The van der Waals surface area contributed by atoms with Gasteiger partial charge in [-0.05, 0) is 12.1 Å². The minimum Gasteiger partial charge on any atom is -0.319 e. The van der Waals surface area contributed by atoms with Gasteiger partial charge in [-0.15, -0.1) is 0 Å². The Bertz CT molecular complexity index is 473. The Morgan fingerprint density at radius 1 is 1.08 bits per heavy atom. The van der Waals surface area contributed by atoms with Crippen molar-refractivity contribution in [3.63, 3.8) is 0 Å². The van der Waals surface area contributed by atoms with Crippen molar-refractivity contribution in [2.24, 2.45) is 0 Å². The molecule has 3 nitrogen and oxygen atoms in total. The second-order valence-electron chi connectivity index (χ2n) is 2.54. The minimum absolute atomic E-state index is 0.148. The molecule has 0 amide bonds. The number of aromatic nitrogens is 1. The number of para-hydroxylation sites is 1. The third-order valence-corrected chi connectivity index (χ3v) is 1.72. The van der Waals surface area contributed by atoms with Gasteiger partial charge >= 0.3 is 0 Å². The molecule has 1 aromatic heterocycles. The molecule has 0 aliphatic heterocycles. The molecule has 0 saturated carbocycles. The molecule has 0 aliphatic rings. The first-order valence-corrected chi connectivity index (χ1v) is 3.56. The first kappa shape index (κ1) is 6.91. The number of nitrogens with one attached hydrogen (secondary N) is 1. The topological polar surface area (TPSA) is 52.8 Å². The Morgan fingerprint density at radius 3 is 2.75 bits per heavy atom. The fourth-order valence-corrected chi connectivity index (χ4v) is 1.15. The lowest BCUT2D eigenvalue weighted by Gasteiger charge is -1.95. The summed E-state index contributed by atoms with van der Waals surface area (Å²) in [6, 6.07) is 7.92. The number of fused-ring (bicyclic) bond motifs is 1. The van der Waals surface area contributed by atoms with E-state index in [1.165, 1.54) is 12.1 Å². The number of H-pyrrole nitrogens is 1. The lowest BCUT2D eigenvalue weighted by molar-refractivity contribution is 0.359. The molecule has 0 atom stereocenters. The summed E-state index contributed by atoms with van der Waals surface area (Å²) in [5, 5.41) is 11.9. The maximum absolute atomic E-state index is 11.2. The predicted molar refractivity (Wildman–Crippen MR) is 44.7 cm³/mol. The Hall–Kier alpha value is -1.77. The van der Waals surface area contributed by atoms with Crippen molar-refractivity contribution >= 4 is 10.9 Å². The van der Waals surface area contributed by atoms with E-state index in [1.807, 2.05) is 0 Å². The molecule has 0 aliphatic carbocycles. The lowest BCUT2D eigenvalue weighted by atomic mass is 10.2. The highest BCUT2D eigenvalue weighted by Gasteiger charge is 1.99. The highest BCUT2D eigenvalue weighted by molar-refractivity contribution is 5.83. The zero-order chi connectivity index (χ0) is 8.55. The molecule has 2 rings (SSSR count). The quantitative estimate of drug-likeness (QED) is 0.626. The van der Waals surface area contributed by atoms with E-state index in [1.54, 1.807) is 18.2 Å². The number of pyridine rings is 1. The van der Waals surface area contributed by atoms with E-state index in [-0.39, 0.29) is 11.3 Å². The van der Waals surface area contributed by atoms with E-state index < -0.39 is 0 Å². The molecular weight excluding hydrogens is 154 g/mol. The van der Waals surface area contributed by atoms with Crippen molar-refractivity contribution in [2.75, 3.05) is 0 Å². The highest BCUT2D eigenvalue weighted by atomic mass is 16.3. The summed E-state index contributed by atoms with van der Waals surface area (Å²) in [7, 11) is 0. The third-order valence-electron chi connectivity index (χ3n) is 1.72. The summed E-state index contributed by atoms with van der Waals surface area (Å²) in [4.78, 5) is 13.3. The Morgan fingerprint density at radius 2 is 1.92 bits per heavy atom. The summed E-state index contributed by atoms with van der Waals surface area (Å²) in [6.45, 7) is 0. The molecule has 2 aromatic rings. The Labute approximate surface area is 68.3 Å². The summed E-state index contributed by atoms with van der Waals surface area (Å²) < 4.78 is 0. The maximum Gasteiger partial charge on any atom is 0.248 e. The van der Waals surface area contributed by atoms with Crippen LogP contribution in [0.25, 0.3) is 10.9 Å². The van der Waals surface area contributed by atoms with Gasteiger partial charge in [-0.25, -0.2) is 0 Å². The van der Waals surface area contributed by atoms with Gasteiger partial charge in [-0.1, -0.05) is 12.1 Å². The van der Waals surface area contributed by atoms with Crippen molar-refractivity contribution in [3.05, 3.63) is 40.7 Å². The van der Waals surface area contributed by atoms with Crippen LogP contribution < -0.4 is 5.56 Å². The Balaban J connectivity index is 2.97. The average Bonchev–Trinajstić information content (AvgIpc) is 2.07. The van der Waals surface area contributed by atoms with Crippen LogP contribution >= 0.6 is 0 Å². The van der Waals surface area contributed by atoms with Gasteiger partial charge < -0.3 is 4.98 Å². The maximum atomic E-state index is 11.2. The average molecular weight is 160 g/mol. The molecule has 1 N–H and O–H groups in total. The second-order valence-corrected chi connectivity index (χ2v) is 2.54. The number of hydrogen-bond donors (Lipinski definition) is 1. The first-order valence-electron chi connectivity index (χ1n) is 3.56. The largest absolute Gasteiger partial charge is 0.319 e. The molecule has 1 aromatic carbocycles. The van der Waals surface area contributed by atoms with Crippen LogP contribution in [0, 0.1) is 0 Å². The van der Waals surface area contributed by atoms with Crippen molar-refractivity contribution < 1.29 is 5.11 Å². The molecule has 0 spiro atoms. The first-order chi connectivity index (χ1) is 5.77. The van der Waals surface area contributed by atoms with Crippen LogP contribution in [0.15, 0.2) is 35.1 Å². The van der Waals surface area contributed by atoms with Gasteiger partial charge in [0, 0.05) is 11.5 Å². The highest BCUT2D eigenvalue weighted by Crippen LogP contribution is 2.20. The standard InChI is InChI=1S/C9H6NO2/c11-7-3-1-2-6-4-5-8(12)10-9(6)7/h1-5H,(H,10,12). The van der Waals surface area contributed by atoms with Crippen molar-refractivity contribution in [1.29, 1.82) is 0 Å². The molecular formula is C9H6NO2. The molecule has 1 radical (unpaired) electrons. The van der Waals surface area contributed by atoms with Gasteiger partial charge in [-0.2, -0.15) is 0 Å². The normalized spacial score (nSPS) is 10.3. The fraction of sp³-hybridized carbons (Fsp3) is 0. The van der Waals surface area contributed by atoms with Crippen LogP contribution in [0.5, 0.6) is 5.75 Å². The molecule has 0 fully saturated rings. The fourth-order valence-electron chi connectivity index (χ4n) is 1.15. The van der Waals surface area contributed by atoms with Crippen LogP contribution in [0.3, 0.4) is 0 Å². The van der Waals surface area contributed by atoms with E-state index in [4.69, 9.17) is 0 Å². The molecule has 59 valence electrons. The van der Waals surface area contributed by atoms with E-state index >= 15 is 0 Å². The van der Waals surface area contributed by atoms with E-state index in [0.29, 0.717) is 5.52 Å². The SMILES string of the molecule is [O]c1cccc2ccc(=O)[nH]c12. The van der Waals surface area contributed by atoms with Crippen LogP contribution in [0.1, 0.15) is 0 Å². The molecule has 0 saturated heterocycles. The monoisotopic (exact) mass is 160 g/mol. The van der Waals surface area contributed by atoms with Gasteiger partial charge in [0.1, 0.15) is 0 Å². The van der Waals surface area contributed by atoms with Gasteiger partial charge in [0.05, 0.1) is 5.52 Å². The van der Waals surface area contributed by atoms with E-state index in [0.717, 1.165) is 5.39 Å². The smallest absolute Gasteiger partial charge is 0.248 e. The lowest BCUT2D eigenvalue weighted by Crippen LogP contribution is -2.01. The van der Waals surface area contributed by atoms with Gasteiger partial charge in [0.15, 0.2) is 0 Å². The predicted octanol–water partition coefficient (Wildman–Crippen LogP) is 1.67. The third kappa shape index (κ3) is 0.955. The summed E-state index contributed by atoms with van der Waals surface area (Å²) in [5.41, 5.74) is 0.135. The summed E-state index contributed by atoms with van der Waals surface area (Å²) in [6.07, 6.45) is 0. The van der Waals surface area contributed by atoms with Gasteiger partial charge in [0.25, 0.3) is 0 Å². The van der Waals surface area contributed by atoms with Gasteiger partial charge in [0.2, 0.25) is 11.3 Å². The Kier molecular flexibility index (Phi) is 1.37. The zero-order valence-corrected chi connectivity index (χ0v) is 6.20. The van der Waals surface area contributed by atoms with Crippen molar-refractivity contribution in [3.8, 4) is 5.75 Å². The minimum atomic E-state index is -0.245. The van der Waals surface area contributed by atoms with Crippen LogP contribution in [-0.4, -0.2) is 4.98 Å². The van der Waals surface area contributed by atoms with Crippen LogP contribution in [0.4, 0.5) is 0 Å². The second kappa shape index (κ2) is 2.37. The molecule has 0 bridgehead atoms. The number of aromatic amines is 1. The number of hydrogen-bond acceptors (Lipinski definition) is 1. The zero-order valence-electron chi connectivity index (χ0n) is 6.20. The van der Waals surface area contributed by atoms with E-state index in [2.05, 4.69) is 4.98 Å². The van der Waals surface area contributed by atoms with Gasteiger partial charge in [-0.3, -0.25) is 9.90 Å². The molecule has 1 heterocycles. The summed E-state index contributed by atoms with van der Waals surface area (Å²) >= 11 is 0. The molecule has 0 unspecified atom stereocenters. The van der Waals surface area contributed by atoms with Crippen LogP contribution in [-0.2, 0) is 5.11 Å². The molecule has 3 heteroatoms. The summed E-state index contributed by atoms with van der Waals surface area (Å²) in [5.74, 6) is -0.148. The number of benzene rings is 1. The number of rotatable bonds is 0. The van der Waals surface area contributed by atoms with Crippen LogP contribution in [0.2, 0.25) is 0 Å².